The van der Waals surface area contributed by atoms with Crippen molar-refractivity contribution in [2.75, 3.05) is 7.11 Å². The van der Waals surface area contributed by atoms with Crippen LogP contribution in [0.1, 0.15) is 0 Å². The zero-order chi connectivity index (χ0) is 6.78. The molecule has 0 aromatic carbocycles. The summed E-state index contributed by atoms with van der Waals surface area (Å²) in [5.74, 6) is 0. The summed E-state index contributed by atoms with van der Waals surface area (Å²) in [7, 11) is 0.668. The van der Waals surface area contributed by atoms with Crippen LogP contribution in [0.5, 0.6) is 0 Å². The first-order chi connectivity index (χ1) is 3.48. The van der Waals surface area contributed by atoms with Gasteiger partial charge in [-0.2, -0.15) is 0 Å². The van der Waals surface area contributed by atoms with Gasteiger partial charge in [0, 0.05) is 7.11 Å². The Morgan fingerprint density at radius 3 is 1.75 bits per heavy atom. The van der Waals surface area contributed by atoms with E-state index in [1.54, 1.807) is 7.11 Å². The summed E-state index contributed by atoms with van der Waals surface area (Å²) in [6.45, 7) is 6.78. The third-order valence-corrected chi connectivity index (χ3v) is 6.98. The van der Waals surface area contributed by atoms with Crippen LogP contribution in [-0.2, 0) is 4.74 Å². The standard InChI is InChI=1S/C5H13BrOSi/c1-7-5(6)8(2,3)4/h5H,1-4H3. The van der Waals surface area contributed by atoms with E-state index < -0.39 is 8.07 Å². The molecule has 0 aliphatic carbocycles. The monoisotopic (exact) mass is 196 g/mol. The quantitative estimate of drug-likeness (QED) is 0.487. The van der Waals surface area contributed by atoms with Crippen LogP contribution < -0.4 is 0 Å². The molecule has 0 saturated carbocycles. The molecular weight excluding hydrogens is 184 g/mol. The molecule has 8 heavy (non-hydrogen) atoms. The highest BCUT2D eigenvalue weighted by atomic mass is 79.9. The van der Waals surface area contributed by atoms with Gasteiger partial charge in [0.05, 0.1) is 12.7 Å². The van der Waals surface area contributed by atoms with Crippen molar-refractivity contribution in [1.29, 1.82) is 0 Å². The third kappa shape index (κ3) is 2.84. The number of hydrogen-bond acceptors (Lipinski definition) is 1. The Kier molecular flexibility index (Phi) is 3.23. The molecule has 0 amide bonds. The molecule has 0 saturated heterocycles. The first-order valence-electron chi connectivity index (χ1n) is 2.65. The average molecular weight is 197 g/mol. The topological polar surface area (TPSA) is 9.23 Å². The van der Waals surface area contributed by atoms with E-state index in [2.05, 4.69) is 35.6 Å². The Morgan fingerprint density at radius 2 is 1.75 bits per heavy atom. The molecule has 0 aromatic heterocycles. The van der Waals surface area contributed by atoms with Crippen molar-refractivity contribution >= 4 is 24.0 Å². The average Bonchev–Trinajstić information content (AvgIpc) is 1.62. The van der Waals surface area contributed by atoms with Gasteiger partial charge in [-0.05, 0) is 0 Å². The van der Waals surface area contributed by atoms with Crippen molar-refractivity contribution in [2.24, 2.45) is 0 Å². The Hall–Kier alpha value is 0.657. The molecule has 0 bridgehead atoms. The minimum atomic E-state index is -1.07. The van der Waals surface area contributed by atoms with Crippen LogP contribution in [0.2, 0.25) is 19.6 Å². The highest BCUT2D eigenvalue weighted by Gasteiger charge is 2.23. The number of halogens is 1. The molecule has 3 heteroatoms. The van der Waals surface area contributed by atoms with Crippen LogP contribution in [0.25, 0.3) is 0 Å². The zero-order valence-electron chi connectivity index (χ0n) is 5.86. The second-order valence-corrected chi connectivity index (χ2v) is 9.85. The van der Waals surface area contributed by atoms with Gasteiger partial charge in [-0.25, -0.2) is 0 Å². The van der Waals surface area contributed by atoms with E-state index in [4.69, 9.17) is 4.74 Å². The highest BCUT2D eigenvalue weighted by molar-refractivity contribution is 9.10. The van der Waals surface area contributed by atoms with E-state index in [-0.39, 0.29) is 0 Å². The van der Waals surface area contributed by atoms with E-state index in [1.807, 2.05) is 0 Å². The van der Waals surface area contributed by atoms with Gasteiger partial charge in [0.2, 0.25) is 0 Å². The van der Waals surface area contributed by atoms with Gasteiger partial charge in [-0.3, -0.25) is 0 Å². The van der Waals surface area contributed by atoms with E-state index in [9.17, 15) is 0 Å². The Morgan fingerprint density at radius 1 is 1.38 bits per heavy atom. The zero-order valence-corrected chi connectivity index (χ0v) is 8.45. The van der Waals surface area contributed by atoms with Crippen molar-refractivity contribution in [3.63, 3.8) is 0 Å². The SMILES string of the molecule is COC(Br)[Si](C)(C)C. The largest absolute Gasteiger partial charge is 0.374 e. The smallest absolute Gasteiger partial charge is 0.0997 e. The number of alkyl halides is 1. The van der Waals surface area contributed by atoms with Crippen molar-refractivity contribution < 1.29 is 4.74 Å². The second kappa shape index (κ2) is 2.99. The molecule has 0 rings (SSSR count). The predicted octanol–water partition coefficient (Wildman–Crippen LogP) is 2.23. The highest BCUT2D eigenvalue weighted by Crippen LogP contribution is 2.15. The number of rotatable bonds is 2. The first kappa shape index (κ1) is 8.66. The minimum absolute atomic E-state index is 0.301. The van der Waals surface area contributed by atoms with E-state index >= 15 is 0 Å². The summed E-state index contributed by atoms with van der Waals surface area (Å²) in [5.41, 5.74) is 0. The maximum absolute atomic E-state index is 5.09. The Bertz CT molecular complexity index is 69.3. The normalized spacial score (nSPS) is 16.1. The fraction of sp³-hybridized carbons (Fsp3) is 1.00. The molecule has 1 unspecified atom stereocenters. The van der Waals surface area contributed by atoms with Crippen LogP contribution in [0.4, 0.5) is 0 Å². The molecule has 0 radical (unpaired) electrons. The summed E-state index contributed by atoms with van der Waals surface area (Å²) in [5, 5.41) is 0. The summed E-state index contributed by atoms with van der Waals surface area (Å²) < 4.78 is 5.39. The van der Waals surface area contributed by atoms with Crippen LogP contribution in [0.15, 0.2) is 0 Å². The number of methoxy groups -OCH3 is 1. The minimum Gasteiger partial charge on any atom is -0.374 e. The maximum atomic E-state index is 5.09. The molecule has 1 nitrogen and oxygen atoms in total. The molecule has 0 aromatic rings. The summed E-state index contributed by atoms with van der Waals surface area (Å²) >= 11 is 3.44. The van der Waals surface area contributed by atoms with Gasteiger partial charge in [0.25, 0.3) is 0 Å². The van der Waals surface area contributed by atoms with E-state index in [0.717, 1.165) is 0 Å². The molecule has 0 heterocycles. The van der Waals surface area contributed by atoms with Gasteiger partial charge >= 0.3 is 0 Å². The fourth-order valence-corrected chi connectivity index (χ4v) is 1.06. The summed E-state index contributed by atoms with van der Waals surface area (Å²) in [4.78, 5) is 0. The van der Waals surface area contributed by atoms with E-state index in [0.29, 0.717) is 4.64 Å². The first-order valence-corrected chi connectivity index (χ1v) is 7.14. The lowest BCUT2D eigenvalue weighted by atomic mass is 11.5. The fourth-order valence-electron chi connectivity index (χ4n) is 0.354. The molecule has 1 atom stereocenters. The van der Waals surface area contributed by atoms with Crippen LogP contribution in [0.3, 0.4) is 0 Å². The van der Waals surface area contributed by atoms with Crippen LogP contribution in [0, 0.1) is 0 Å². The van der Waals surface area contributed by atoms with Crippen LogP contribution in [-0.4, -0.2) is 19.8 Å². The molecule has 0 aliphatic heterocycles. The number of ether oxygens (including phenoxy) is 1. The van der Waals surface area contributed by atoms with E-state index in [1.165, 1.54) is 0 Å². The van der Waals surface area contributed by atoms with Crippen molar-refractivity contribution in [3.8, 4) is 0 Å². The van der Waals surface area contributed by atoms with Crippen molar-refractivity contribution in [3.05, 3.63) is 0 Å². The molecule has 50 valence electrons. The van der Waals surface area contributed by atoms with Gasteiger partial charge < -0.3 is 4.74 Å². The maximum Gasteiger partial charge on any atom is 0.0997 e. The Balaban J connectivity index is 3.62. The van der Waals surface area contributed by atoms with Gasteiger partial charge in [-0.15, -0.1) is 0 Å². The lowest BCUT2D eigenvalue weighted by molar-refractivity contribution is 0.226. The molecule has 0 fully saturated rings. The van der Waals surface area contributed by atoms with Gasteiger partial charge in [-0.1, -0.05) is 35.6 Å². The summed E-state index contributed by atoms with van der Waals surface area (Å²) in [6.07, 6.45) is 0. The van der Waals surface area contributed by atoms with Crippen LogP contribution >= 0.6 is 15.9 Å². The van der Waals surface area contributed by atoms with Gasteiger partial charge in [0.1, 0.15) is 0 Å². The Labute approximate surface area is 60.6 Å². The van der Waals surface area contributed by atoms with Crippen molar-refractivity contribution in [2.45, 2.75) is 24.3 Å². The molecule has 0 aliphatic rings. The molecular formula is C5H13BrOSi. The van der Waals surface area contributed by atoms with Gasteiger partial charge in [0.15, 0.2) is 0 Å². The molecule has 0 spiro atoms. The lowest BCUT2D eigenvalue weighted by Gasteiger charge is -2.20. The second-order valence-electron chi connectivity index (χ2n) is 2.92. The third-order valence-electron chi connectivity index (χ3n) is 0.888. The summed E-state index contributed by atoms with van der Waals surface area (Å²) in [6, 6.07) is 0. The lowest BCUT2D eigenvalue weighted by Crippen LogP contribution is -2.34. The number of hydrogen-bond donors (Lipinski definition) is 0. The van der Waals surface area contributed by atoms with Crippen molar-refractivity contribution in [1.82, 2.24) is 0 Å². The molecule has 0 N–H and O–H groups in total. The predicted molar refractivity (Wildman–Crippen MR) is 43.1 cm³/mol.